The Hall–Kier alpha value is -2.51. The maximum Gasteiger partial charge on any atom is 0.274 e. The van der Waals surface area contributed by atoms with Crippen LogP contribution in [0.15, 0.2) is 42.7 Å². The minimum absolute atomic E-state index is 0.105. The topological polar surface area (TPSA) is 76.6 Å². The number of anilines is 2. The van der Waals surface area contributed by atoms with E-state index < -0.39 is 5.79 Å². The normalized spacial score (nSPS) is 19.1. The number of hydrogen-bond donors (Lipinski definition) is 1. The number of carbonyl (C=O) groups excluding carboxylic acids is 1. The number of para-hydroxylation sites is 1. The van der Waals surface area contributed by atoms with Crippen molar-refractivity contribution >= 4 is 17.4 Å². The molecule has 2 saturated heterocycles. The summed E-state index contributed by atoms with van der Waals surface area (Å²) in [6, 6.07) is 9.71. The molecule has 0 unspecified atom stereocenters. The van der Waals surface area contributed by atoms with Crippen LogP contribution >= 0.6 is 0 Å². The Morgan fingerprint density at radius 1 is 1.04 bits per heavy atom. The summed E-state index contributed by atoms with van der Waals surface area (Å²) in [7, 11) is 0. The number of hydrogen-bond acceptors (Lipinski definition) is 6. The monoisotopic (exact) mass is 340 g/mol. The van der Waals surface area contributed by atoms with Gasteiger partial charge in [0.05, 0.1) is 25.6 Å². The number of nitrogens with zero attached hydrogens (tertiary/aromatic N) is 3. The summed E-state index contributed by atoms with van der Waals surface area (Å²) in [5.41, 5.74) is 1.27. The molecule has 4 rings (SSSR count). The summed E-state index contributed by atoms with van der Waals surface area (Å²) < 4.78 is 11.4. The highest BCUT2D eigenvalue weighted by atomic mass is 16.7. The molecule has 0 aliphatic carbocycles. The number of ether oxygens (including phenoxy) is 2. The van der Waals surface area contributed by atoms with Gasteiger partial charge in [-0.25, -0.2) is 9.97 Å². The molecule has 130 valence electrons. The number of aromatic nitrogens is 2. The largest absolute Gasteiger partial charge is 0.347 e. The number of rotatable bonds is 3. The molecule has 0 atom stereocenters. The SMILES string of the molecule is O=C(c1cnc(Nc2ccccc2)cn1)N1CCC2(CC1)OCCO2. The van der Waals surface area contributed by atoms with Crippen molar-refractivity contribution in [2.75, 3.05) is 31.6 Å². The Morgan fingerprint density at radius 3 is 2.40 bits per heavy atom. The van der Waals surface area contributed by atoms with Gasteiger partial charge in [0.1, 0.15) is 11.5 Å². The van der Waals surface area contributed by atoms with Crippen LogP contribution in [0.5, 0.6) is 0 Å². The summed E-state index contributed by atoms with van der Waals surface area (Å²) in [5, 5.41) is 3.15. The van der Waals surface area contributed by atoms with E-state index in [4.69, 9.17) is 9.47 Å². The Labute approximate surface area is 146 Å². The molecule has 2 aromatic rings. The van der Waals surface area contributed by atoms with E-state index >= 15 is 0 Å². The van der Waals surface area contributed by atoms with E-state index in [-0.39, 0.29) is 5.91 Å². The molecule has 7 nitrogen and oxygen atoms in total. The summed E-state index contributed by atoms with van der Waals surface area (Å²) >= 11 is 0. The van der Waals surface area contributed by atoms with Gasteiger partial charge in [-0.1, -0.05) is 18.2 Å². The molecule has 2 fully saturated rings. The van der Waals surface area contributed by atoms with Gasteiger partial charge in [0.25, 0.3) is 5.91 Å². The van der Waals surface area contributed by atoms with Gasteiger partial charge in [0, 0.05) is 31.6 Å². The molecule has 1 amide bonds. The lowest BCUT2D eigenvalue weighted by molar-refractivity contribution is -0.181. The zero-order chi connectivity index (χ0) is 17.1. The third kappa shape index (κ3) is 3.47. The first kappa shape index (κ1) is 16.0. The first-order chi connectivity index (χ1) is 12.2. The third-order valence-electron chi connectivity index (χ3n) is 4.54. The second kappa shape index (κ2) is 6.78. The van der Waals surface area contributed by atoms with Gasteiger partial charge in [-0.05, 0) is 12.1 Å². The fourth-order valence-corrected chi connectivity index (χ4v) is 3.17. The van der Waals surface area contributed by atoms with Crippen LogP contribution in [0.4, 0.5) is 11.5 Å². The average molecular weight is 340 g/mol. The number of benzene rings is 1. The van der Waals surface area contributed by atoms with Crippen LogP contribution in [0.3, 0.4) is 0 Å². The van der Waals surface area contributed by atoms with Crippen molar-refractivity contribution in [3.63, 3.8) is 0 Å². The van der Waals surface area contributed by atoms with Crippen LogP contribution in [-0.4, -0.2) is 52.9 Å². The molecule has 0 saturated carbocycles. The van der Waals surface area contributed by atoms with E-state index in [9.17, 15) is 4.79 Å². The lowest BCUT2D eigenvalue weighted by Crippen LogP contribution is -2.47. The van der Waals surface area contributed by atoms with Crippen molar-refractivity contribution in [3.05, 3.63) is 48.4 Å². The van der Waals surface area contributed by atoms with Crippen LogP contribution in [0, 0.1) is 0 Å². The van der Waals surface area contributed by atoms with E-state index in [1.807, 2.05) is 30.3 Å². The fraction of sp³-hybridized carbons (Fsp3) is 0.389. The Bertz CT molecular complexity index is 720. The predicted octanol–water partition coefficient (Wildman–Crippen LogP) is 2.20. The van der Waals surface area contributed by atoms with Crippen molar-refractivity contribution in [1.82, 2.24) is 14.9 Å². The van der Waals surface area contributed by atoms with E-state index in [1.54, 1.807) is 11.1 Å². The summed E-state index contributed by atoms with van der Waals surface area (Å²) in [4.78, 5) is 22.9. The van der Waals surface area contributed by atoms with Crippen molar-refractivity contribution in [2.45, 2.75) is 18.6 Å². The molecule has 1 aromatic carbocycles. The number of nitrogens with one attached hydrogen (secondary N) is 1. The highest BCUT2D eigenvalue weighted by Gasteiger charge is 2.41. The highest BCUT2D eigenvalue weighted by molar-refractivity contribution is 5.92. The minimum Gasteiger partial charge on any atom is -0.347 e. The van der Waals surface area contributed by atoms with Crippen LogP contribution in [-0.2, 0) is 9.47 Å². The molecule has 3 heterocycles. The van der Waals surface area contributed by atoms with E-state index in [0.717, 1.165) is 5.69 Å². The number of piperidine rings is 1. The summed E-state index contributed by atoms with van der Waals surface area (Å²) in [6.45, 7) is 2.47. The fourth-order valence-electron chi connectivity index (χ4n) is 3.17. The minimum atomic E-state index is -0.480. The predicted molar refractivity (Wildman–Crippen MR) is 91.5 cm³/mol. The molecule has 2 aliphatic heterocycles. The van der Waals surface area contributed by atoms with Gasteiger partial charge in [-0.15, -0.1) is 0 Å². The molecule has 1 aromatic heterocycles. The van der Waals surface area contributed by atoms with Crippen LogP contribution in [0.25, 0.3) is 0 Å². The van der Waals surface area contributed by atoms with Gasteiger partial charge in [-0.3, -0.25) is 4.79 Å². The van der Waals surface area contributed by atoms with E-state index in [1.165, 1.54) is 6.20 Å². The van der Waals surface area contributed by atoms with Gasteiger partial charge in [0.2, 0.25) is 0 Å². The maximum absolute atomic E-state index is 12.6. The van der Waals surface area contributed by atoms with Crippen LogP contribution in [0.1, 0.15) is 23.3 Å². The van der Waals surface area contributed by atoms with Crippen molar-refractivity contribution in [2.24, 2.45) is 0 Å². The molecule has 1 N–H and O–H groups in total. The van der Waals surface area contributed by atoms with Crippen LogP contribution in [0.2, 0.25) is 0 Å². The highest BCUT2D eigenvalue weighted by Crippen LogP contribution is 2.31. The lowest BCUT2D eigenvalue weighted by Gasteiger charge is -2.37. The number of amides is 1. The molecule has 7 heteroatoms. The molecule has 1 spiro atoms. The van der Waals surface area contributed by atoms with Gasteiger partial charge in [-0.2, -0.15) is 0 Å². The lowest BCUT2D eigenvalue weighted by atomic mass is 10.0. The standard InChI is InChI=1S/C18H20N4O3/c23-17(22-8-6-18(7-9-22)24-10-11-25-18)15-12-20-16(13-19-15)21-14-4-2-1-3-5-14/h1-5,12-13H,6-11H2,(H,20,21). The average Bonchev–Trinajstić information content (AvgIpc) is 3.11. The Balaban J connectivity index is 1.38. The van der Waals surface area contributed by atoms with Gasteiger partial charge < -0.3 is 19.7 Å². The second-order valence-electron chi connectivity index (χ2n) is 6.18. The third-order valence-corrected chi connectivity index (χ3v) is 4.54. The zero-order valence-electron chi connectivity index (χ0n) is 13.9. The van der Waals surface area contributed by atoms with Gasteiger partial charge >= 0.3 is 0 Å². The maximum atomic E-state index is 12.6. The number of carbonyl (C=O) groups is 1. The Kier molecular flexibility index (Phi) is 4.33. The molecular formula is C18H20N4O3. The first-order valence-electron chi connectivity index (χ1n) is 8.45. The molecule has 25 heavy (non-hydrogen) atoms. The molecule has 2 aliphatic rings. The quantitative estimate of drug-likeness (QED) is 0.923. The first-order valence-corrected chi connectivity index (χ1v) is 8.45. The molecular weight excluding hydrogens is 320 g/mol. The zero-order valence-corrected chi connectivity index (χ0v) is 13.9. The molecule has 0 radical (unpaired) electrons. The summed E-state index contributed by atoms with van der Waals surface area (Å²) in [5.74, 6) is 0.0195. The van der Waals surface area contributed by atoms with Crippen molar-refractivity contribution in [1.29, 1.82) is 0 Å². The smallest absolute Gasteiger partial charge is 0.274 e. The van der Waals surface area contributed by atoms with Crippen molar-refractivity contribution in [3.8, 4) is 0 Å². The molecule has 0 bridgehead atoms. The summed E-state index contributed by atoms with van der Waals surface area (Å²) in [6.07, 6.45) is 4.48. The number of likely N-dealkylation sites (tertiary alicyclic amines) is 1. The van der Waals surface area contributed by atoms with E-state index in [0.29, 0.717) is 50.7 Å². The van der Waals surface area contributed by atoms with Crippen molar-refractivity contribution < 1.29 is 14.3 Å². The van der Waals surface area contributed by atoms with Crippen LogP contribution < -0.4 is 5.32 Å². The van der Waals surface area contributed by atoms with E-state index in [2.05, 4.69) is 15.3 Å². The Morgan fingerprint density at radius 2 is 1.76 bits per heavy atom. The van der Waals surface area contributed by atoms with Gasteiger partial charge in [0.15, 0.2) is 5.79 Å². The second-order valence-corrected chi connectivity index (χ2v) is 6.18.